The van der Waals surface area contributed by atoms with Crippen molar-refractivity contribution >= 4 is 17.1 Å². The molecule has 14 rings (SSSR count). The lowest BCUT2D eigenvalue weighted by Crippen LogP contribution is -2.26. The molecule has 0 atom stereocenters. The first-order valence-electron chi connectivity index (χ1n) is 22.5. The highest BCUT2D eigenvalue weighted by Crippen LogP contribution is 2.65. The number of hydrogen-bond acceptors (Lipinski definition) is 1. The average molecular weight is 812 g/mol. The van der Waals surface area contributed by atoms with E-state index in [1.54, 1.807) is 0 Å². The molecule has 0 saturated heterocycles. The summed E-state index contributed by atoms with van der Waals surface area (Å²) >= 11 is 0. The van der Waals surface area contributed by atoms with Crippen molar-refractivity contribution in [2.24, 2.45) is 0 Å². The fraction of sp³-hybridized carbons (Fsp3) is 0.0476. The molecule has 0 N–H and O–H groups in total. The smallest absolute Gasteiger partial charge is 0.0726 e. The molecule has 0 unspecified atom stereocenters. The molecule has 0 fully saturated rings. The van der Waals surface area contributed by atoms with Crippen LogP contribution in [0.3, 0.4) is 0 Å². The summed E-state index contributed by atoms with van der Waals surface area (Å²) in [6, 6.07) is 86.9. The minimum absolute atomic E-state index is 0.398. The summed E-state index contributed by atoms with van der Waals surface area (Å²) in [4.78, 5) is 2.53. The van der Waals surface area contributed by atoms with Crippen LogP contribution in [0.15, 0.2) is 231 Å². The van der Waals surface area contributed by atoms with Gasteiger partial charge in [0.1, 0.15) is 0 Å². The van der Waals surface area contributed by atoms with Crippen molar-refractivity contribution in [1.82, 2.24) is 0 Å². The van der Waals surface area contributed by atoms with Gasteiger partial charge in [0, 0.05) is 17.1 Å². The number of hydrogen-bond donors (Lipinski definition) is 0. The lowest BCUT2D eigenvalue weighted by Gasteiger charge is -2.33. The molecule has 4 aliphatic carbocycles. The van der Waals surface area contributed by atoms with Crippen LogP contribution in [0.25, 0.3) is 55.6 Å². The van der Waals surface area contributed by atoms with Crippen molar-refractivity contribution < 1.29 is 0 Å². The van der Waals surface area contributed by atoms with E-state index in [2.05, 4.69) is 242 Å². The van der Waals surface area contributed by atoms with Crippen molar-refractivity contribution in [3.8, 4) is 55.6 Å². The molecule has 298 valence electrons. The number of benzene rings is 10. The van der Waals surface area contributed by atoms with E-state index in [9.17, 15) is 0 Å². The van der Waals surface area contributed by atoms with Gasteiger partial charge in [-0.25, -0.2) is 0 Å². The molecule has 0 radical (unpaired) electrons. The lowest BCUT2D eigenvalue weighted by atomic mass is 9.70. The lowest BCUT2D eigenvalue weighted by molar-refractivity contribution is 0.793. The Hall–Kier alpha value is -8.00. The maximum Gasteiger partial charge on any atom is 0.0726 e. The van der Waals surface area contributed by atoms with E-state index in [-0.39, 0.29) is 0 Å². The zero-order valence-corrected chi connectivity index (χ0v) is 35.4. The highest BCUT2D eigenvalue weighted by molar-refractivity contribution is 5.99. The summed E-state index contributed by atoms with van der Waals surface area (Å²) < 4.78 is 0. The number of fused-ring (bicyclic) bond motifs is 20. The van der Waals surface area contributed by atoms with Gasteiger partial charge in [-0.05, 0) is 149 Å². The summed E-state index contributed by atoms with van der Waals surface area (Å²) in [5.74, 6) is 0. The normalized spacial score (nSPS) is 14.3. The van der Waals surface area contributed by atoms with Crippen LogP contribution < -0.4 is 4.90 Å². The molecule has 0 bridgehead atoms. The molecule has 0 saturated carbocycles. The van der Waals surface area contributed by atoms with E-state index in [4.69, 9.17) is 0 Å². The second kappa shape index (κ2) is 13.0. The Balaban J connectivity index is 1.03. The maximum absolute atomic E-state index is 2.53. The molecule has 1 heteroatoms. The predicted octanol–water partition coefficient (Wildman–Crippen LogP) is 15.8. The van der Waals surface area contributed by atoms with Gasteiger partial charge in [0.2, 0.25) is 0 Å². The fourth-order valence-corrected chi connectivity index (χ4v) is 12.6. The molecule has 0 amide bonds. The van der Waals surface area contributed by atoms with Crippen LogP contribution in [0.1, 0.15) is 50.1 Å². The standard InChI is InChI=1S/C63H41N/c1-40-37-42(41-17-3-2-4-18-41)31-36-61(40)64(43-33-35-59-52(38-43)50-24-10-16-30-58(50)62(59)53-25-11-5-19-45(53)46-20-6-12-26-54(46)62)44-32-34-51-49-23-9-15-29-57(49)63(60(51)39-44)55-27-13-7-21-47(55)48-22-8-14-28-56(48)63/h2-39H,1H3. The van der Waals surface area contributed by atoms with Gasteiger partial charge in [-0.3, -0.25) is 0 Å². The molecule has 10 aromatic carbocycles. The Bertz CT molecular complexity index is 3480. The van der Waals surface area contributed by atoms with Crippen LogP contribution in [0.5, 0.6) is 0 Å². The van der Waals surface area contributed by atoms with Crippen molar-refractivity contribution in [3.05, 3.63) is 281 Å². The number of nitrogens with zero attached hydrogens (tertiary/aromatic N) is 1. The molecule has 1 nitrogen and oxygen atoms in total. The van der Waals surface area contributed by atoms with E-state index in [0.717, 1.165) is 17.1 Å². The van der Waals surface area contributed by atoms with Crippen molar-refractivity contribution in [1.29, 1.82) is 0 Å². The maximum atomic E-state index is 2.53. The monoisotopic (exact) mass is 811 g/mol. The number of aryl methyl sites for hydroxylation is 1. The van der Waals surface area contributed by atoms with Gasteiger partial charge in [-0.15, -0.1) is 0 Å². The van der Waals surface area contributed by atoms with E-state index < -0.39 is 10.8 Å². The van der Waals surface area contributed by atoms with Gasteiger partial charge < -0.3 is 4.90 Å². The second-order valence-electron chi connectivity index (χ2n) is 17.9. The SMILES string of the molecule is Cc1cc(-c2ccccc2)ccc1N(c1ccc2c(c1)-c1ccccc1C21c2ccccc2-c2ccccc21)c1ccc2c(c1)C1(c3ccccc3-c3ccccc31)c1ccccc1-2. The van der Waals surface area contributed by atoms with E-state index in [0.29, 0.717) is 0 Å². The summed E-state index contributed by atoms with van der Waals surface area (Å²) in [6.07, 6.45) is 0. The van der Waals surface area contributed by atoms with Crippen LogP contribution in [0.2, 0.25) is 0 Å². The topological polar surface area (TPSA) is 3.24 Å². The Morgan fingerprint density at radius 2 is 0.641 bits per heavy atom. The Kier molecular flexibility index (Phi) is 7.24. The molecule has 64 heavy (non-hydrogen) atoms. The fourth-order valence-electron chi connectivity index (χ4n) is 12.6. The van der Waals surface area contributed by atoms with E-state index >= 15 is 0 Å². The van der Waals surface area contributed by atoms with Gasteiger partial charge in [-0.1, -0.05) is 194 Å². The first kappa shape index (κ1) is 35.6. The van der Waals surface area contributed by atoms with Crippen molar-refractivity contribution in [3.63, 3.8) is 0 Å². The number of rotatable bonds is 4. The highest BCUT2D eigenvalue weighted by atomic mass is 15.1. The summed E-state index contributed by atoms with van der Waals surface area (Å²) in [5, 5.41) is 0. The van der Waals surface area contributed by atoms with E-state index in [1.165, 1.54) is 106 Å². The van der Waals surface area contributed by atoms with Crippen LogP contribution in [-0.2, 0) is 10.8 Å². The molecular formula is C63H41N. The van der Waals surface area contributed by atoms with Crippen LogP contribution in [0.4, 0.5) is 17.1 Å². The van der Waals surface area contributed by atoms with Crippen LogP contribution in [-0.4, -0.2) is 0 Å². The molecule has 10 aromatic rings. The van der Waals surface area contributed by atoms with Gasteiger partial charge in [0.05, 0.1) is 10.8 Å². The minimum Gasteiger partial charge on any atom is -0.310 e. The minimum atomic E-state index is -0.445. The molecular weight excluding hydrogens is 771 g/mol. The van der Waals surface area contributed by atoms with Gasteiger partial charge in [0.25, 0.3) is 0 Å². The second-order valence-corrected chi connectivity index (χ2v) is 17.9. The predicted molar refractivity (Wildman–Crippen MR) is 264 cm³/mol. The third-order valence-corrected chi connectivity index (χ3v) is 15.0. The molecule has 0 aromatic heterocycles. The first-order valence-corrected chi connectivity index (χ1v) is 22.5. The van der Waals surface area contributed by atoms with E-state index in [1.807, 2.05) is 0 Å². The van der Waals surface area contributed by atoms with Gasteiger partial charge in [0.15, 0.2) is 0 Å². The summed E-state index contributed by atoms with van der Waals surface area (Å²) in [5.41, 5.74) is 27.5. The Labute approximate surface area is 374 Å². The third-order valence-electron chi connectivity index (χ3n) is 15.0. The van der Waals surface area contributed by atoms with Gasteiger partial charge in [-0.2, -0.15) is 0 Å². The molecule has 0 heterocycles. The van der Waals surface area contributed by atoms with Crippen molar-refractivity contribution in [2.45, 2.75) is 17.8 Å². The summed E-state index contributed by atoms with van der Waals surface area (Å²) in [6.45, 7) is 2.27. The zero-order valence-electron chi connectivity index (χ0n) is 35.4. The van der Waals surface area contributed by atoms with Crippen LogP contribution in [0, 0.1) is 6.92 Å². The molecule has 0 aliphatic heterocycles. The largest absolute Gasteiger partial charge is 0.310 e. The summed E-state index contributed by atoms with van der Waals surface area (Å²) in [7, 11) is 0. The van der Waals surface area contributed by atoms with Crippen LogP contribution >= 0.6 is 0 Å². The third kappa shape index (κ3) is 4.43. The average Bonchev–Trinajstić information content (AvgIpc) is 4.04. The Morgan fingerprint density at radius 3 is 1.12 bits per heavy atom. The highest BCUT2D eigenvalue weighted by Gasteiger charge is 2.53. The van der Waals surface area contributed by atoms with Crippen molar-refractivity contribution in [2.75, 3.05) is 4.90 Å². The zero-order chi connectivity index (χ0) is 42.1. The molecule has 4 aliphatic rings. The quantitative estimate of drug-likeness (QED) is 0.171. The Morgan fingerprint density at radius 1 is 0.266 bits per heavy atom. The molecule has 2 spiro atoms. The first-order chi connectivity index (χ1) is 31.7. The number of anilines is 3. The van der Waals surface area contributed by atoms with Gasteiger partial charge >= 0.3 is 0 Å².